The summed E-state index contributed by atoms with van der Waals surface area (Å²) >= 11 is 7.58. The van der Waals surface area contributed by atoms with Crippen molar-refractivity contribution in [3.63, 3.8) is 0 Å². The number of hydrogen-bond donors (Lipinski definition) is 3. The summed E-state index contributed by atoms with van der Waals surface area (Å²) in [6.45, 7) is 0.413. The Balaban J connectivity index is 0.00000202. The minimum atomic E-state index is -1.14. The van der Waals surface area contributed by atoms with E-state index in [1.165, 1.54) is 36.2 Å². The molecule has 0 spiro atoms. The van der Waals surface area contributed by atoms with Crippen molar-refractivity contribution in [3.05, 3.63) is 88.1 Å². The molecule has 0 amide bonds. The van der Waals surface area contributed by atoms with E-state index in [1.54, 1.807) is 24.6 Å². The van der Waals surface area contributed by atoms with Gasteiger partial charge in [-0.25, -0.2) is 13.8 Å². The number of thioether (sulfide) groups is 1. The van der Waals surface area contributed by atoms with Gasteiger partial charge < -0.3 is 30.0 Å². The average molecular weight is 788 g/mol. The quantitative estimate of drug-likeness (QED) is 0.158. The van der Waals surface area contributed by atoms with Crippen LogP contribution in [0.5, 0.6) is 17.2 Å². The molecule has 0 saturated heterocycles. The van der Waals surface area contributed by atoms with E-state index in [0.717, 1.165) is 16.8 Å². The SMILES string of the molecule is CSc1c(Oc2ccc(F)c(-c3ncc(C4CCOc5c(CCO)cc(Cl)cc54)[nH]3)c2)c(F)c(F)c2[nH]ccc12.O.[W]. The van der Waals surface area contributed by atoms with Crippen molar-refractivity contribution in [1.82, 2.24) is 15.0 Å². The van der Waals surface area contributed by atoms with Crippen molar-refractivity contribution in [2.24, 2.45) is 0 Å². The Morgan fingerprint density at radius 3 is 2.74 bits per heavy atom. The van der Waals surface area contributed by atoms with Crippen molar-refractivity contribution in [1.29, 1.82) is 0 Å². The smallest absolute Gasteiger partial charge is 0.204 e. The van der Waals surface area contributed by atoms with E-state index in [4.69, 9.17) is 21.1 Å². The van der Waals surface area contributed by atoms with E-state index < -0.39 is 17.5 Å². The summed E-state index contributed by atoms with van der Waals surface area (Å²) in [5.41, 5.74) is 2.57. The molecule has 7 nitrogen and oxygen atoms in total. The first-order chi connectivity index (χ1) is 19.4. The fraction of sp³-hybridized carbons (Fsp3) is 0.207. The van der Waals surface area contributed by atoms with Crippen molar-refractivity contribution in [3.8, 4) is 28.6 Å². The fourth-order valence-electron chi connectivity index (χ4n) is 5.15. The van der Waals surface area contributed by atoms with E-state index in [1.807, 2.05) is 6.07 Å². The monoisotopic (exact) mass is 787 g/mol. The van der Waals surface area contributed by atoms with Crippen LogP contribution in [0.1, 0.15) is 29.2 Å². The molecular weight excluding hydrogens is 763 g/mol. The van der Waals surface area contributed by atoms with Crippen molar-refractivity contribution >= 4 is 34.3 Å². The largest absolute Gasteiger partial charge is 0.493 e. The molecule has 13 heteroatoms. The van der Waals surface area contributed by atoms with Gasteiger partial charge in [-0.3, -0.25) is 0 Å². The number of rotatable bonds is 7. The molecule has 1 unspecified atom stereocenters. The first-order valence-corrected chi connectivity index (χ1v) is 14.1. The molecule has 1 aliphatic rings. The molecular formula is C29H25ClF3N3O4SW. The molecule has 220 valence electrons. The van der Waals surface area contributed by atoms with Gasteiger partial charge in [0.2, 0.25) is 5.82 Å². The standard InChI is InChI=1S/C29H23ClF3N3O3S.H2O.W/c1-40-28-18-4-7-34-25(18)23(32)24(33)27(28)39-16-2-3-21(31)20(12-16)29-35-13-22(36-29)17-6-9-38-26-14(5-8-37)10-15(30)11-19(17)26;;/h2-4,7,10-13,17,34,37H,5-6,8-9H2,1H3,(H,35,36);1H2;. The van der Waals surface area contributed by atoms with E-state index in [2.05, 4.69) is 15.0 Å². The fourth-order valence-corrected chi connectivity index (χ4v) is 6.11. The Hall–Kier alpha value is -2.95. The van der Waals surface area contributed by atoms with Crippen LogP contribution in [0.4, 0.5) is 13.2 Å². The van der Waals surface area contributed by atoms with Crippen LogP contribution in [0.15, 0.2) is 53.7 Å². The molecule has 5 N–H and O–H groups in total. The summed E-state index contributed by atoms with van der Waals surface area (Å²) < 4.78 is 56.5. The number of aliphatic hydroxyl groups is 1. The Morgan fingerprint density at radius 1 is 1.17 bits per heavy atom. The molecule has 1 atom stereocenters. The molecule has 0 fully saturated rings. The molecule has 2 aromatic heterocycles. The zero-order valence-corrected chi connectivity index (χ0v) is 26.6. The van der Waals surface area contributed by atoms with Crippen molar-refractivity contribution in [2.75, 3.05) is 19.5 Å². The summed E-state index contributed by atoms with van der Waals surface area (Å²) in [5, 5.41) is 10.5. The van der Waals surface area contributed by atoms with Crippen molar-refractivity contribution in [2.45, 2.75) is 23.7 Å². The topological polar surface area (TPSA) is 115 Å². The predicted molar refractivity (Wildman–Crippen MR) is 152 cm³/mol. The molecule has 0 aliphatic carbocycles. The van der Waals surface area contributed by atoms with Gasteiger partial charge in [0.25, 0.3) is 0 Å². The summed E-state index contributed by atoms with van der Waals surface area (Å²) in [6.07, 6.45) is 5.94. The molecule has 0 radical (unpaired) electrons. The maximum atomic E-state index is 15.0. The third kappa shape index (κ3) is 5.68. The number of aliphatic hydroxyl groups excluding tert-OH is 1. The van der Waals surface area contributed by atoms with Gasteiger partial charge in [0.05, 0.1) is 22.6 Å². The minimum absolute atomic E-state index is 0. The van der Waals surface area contributed by atoms with E-state index >= 15 is 8.78 Å². The van der Waals surface area contributed by atoms with Gasteiger partial charge >= 0.3 is 0 Å². The first kappa shape index (κ1) is 32.0. The summed E-state index contributed by atoms with van der Waals surface area (Å²) in [5.74, 6) is -2.11. The average Bonchev–Trinajstić information content (AvgIpc) is 3.63. The summed E-state index contributed by atoms with van der Waals surface area (Å²) in [6, 6.07) is 9.20. The molecule has 6 rings (SSSR count). The number of aromatic amines is 2. The predicted octanol–water partition coefficient (Wildman–Crippen LogP) is 6.76. The molecule has 42 heavy (non-hydrogen) atoms. The van der Waals surface area contributed by atoms with E-state index in [0.29, 0.717) is 40.5 Å². The number of ether oxygens (including phenoxy) is 2. The number of benzene rings is 3. The second-order valence-electron chi connectivity index (χ2n) is 9.33. The van der Waals surface area contributed by atoms with Crippen LogP contribution < -0.4 is 9.47 Å². The van der Waals surface area contributed by atoms with Crippen LogP contribution in [0.3, 0.4) is 0 Å². The third-order valence-corrected chi connectivity index (χ3v) is 8.00. The molecule has 0 saturated carbocycles. The van der Waals surface area contributed by atoms with Crippen LogP contribution in [0.25, 0.3) is 22.3 Å². The molecule has 1 aliphatic heterocycles. The van der Waals surface area contributed by atoms with Crippen LogP contribution in [-0.2, 0) is 27.5 Å². The second kappa shape index (κ2) is 13.1. The number of aromatic nitrogens is 3. The van der Waals surface area contributed by atoms with Crippen LogP contribution in [0.2, 0.25) is 5.02 Å². The number of nitrogens with zero attached hydrogens (tertiary/aromatic N) is 1. The van der Waals surface area contributed by atoms with Crippen LogP contribution >= 0.6 is 23.4 Å². The van der Waals surface area contributed by atoms with Gasteiger partial charge in [-0.1, -0.05) is 11.6 Å². The zero-order chi connectivity index (χ0) is 28.0. The molecule has 0 bridgehead atoms. The summed E-state index contributed by atoms with van der Waals surface area (Å²) in [4.78, 5) is 10.8. The summed E-state index contributed by atoms with van der Waals surface area (Å²) in [7, 11) is 0. The van der Waals surface area contributed by atoms with Gasteiger partial charge in [0.1, 0.15) is 23.1 Å². The number of fused-ring (bicyclic) bond motifs is 2. The normalized spacial score (nSPS) is 14.1. The Morgan fingerprint density at radius 2 is 1.98 bits per heavy atom. The number of hydrogen-bond acceptors (Lipinski definition) is 5. The Kier molecular flexibility index (Phi) is 10.0. The second-order valence-corrected chi connectivity index (χ2v) is 10.6. The maximum absolute atomic E-state index is 15.0. The van der Waals surface area contributed by atoms with E-state index in [-0.39, 0.29) is 67.5 Å². The van der Waals surface area contributed by atoms with Gasteiger partial charge in [-0.05, 0) is 61.1 Å². The first-order valence-electron chi connectivity index (χ1n) is 12.5. The van der Waals surface area contributed by atoms with Gasteiger partial charge in [-0.15, -0.1) is 11.8 Å². The number of halogens is 4. The van der Waals surface area contributed by atoms with Crippen LogP contribution in [0, 0.1) is 17.5 Å². The van der Waals surface area contributed by atoms with E-state index in [9.17, 15) is 9.50 Å². The number of H-pyrrole nitrogens is 2. The minimum Gasteiger partial charge on any atom is -0.493 e. The van der Waals surface area contributed by atoms with Crippen molar-refractivity contribution < 1.29 is 54.3 Å². The Labute approximate surface area is 262 Å². The Bertz CT molecular complexity index is 1750. The zero-order valence-electron chi connectivity index (χ0n) is 22.1. The van der Waals surface area contributed by atoms with Crippen LogP contribution in [-0.4, -0.2) is 45.0 Å². The van der Waals surface area contributed by atoms with Gasteiger partial charge in [0, 0.05) is 67.6 Å². The number of nitrogens with one attached hydrogen (secondary N) is 2. The maximum Gasteiger partial charge on any atom is 0.204 e. The molecule has 3 aromatic carbocycles. The third-order valence-electron chi connectivity index (χ3n) is 6.97. The molecule has 3 heterocycles. The van der Waals surface area contributed by atoms with Gasteiger partial charge in [0.15, 0.2) is 11.6 Å². The molecule has 5 aromatic rings. The van der Waals surface area contributed by atoms with Gasteiger partial charge in [-0.2, -0.15) is 4.39 Å². The number of imidazole rings is 1.